The first-order chi connectivity index (χ1) is 8.67. The summed E-state index contributed by atoms with van der Waals surface area (Å²) in [5, 5.41) is 3.62. The molecule has 1 N–H and O–H groups in total. The highest BCUT2D eigenvalue weighted by Gasteiger charge is 2.31. The van der Waals surface area contributed by atoms with E-state index in [9.17, 15) is 0 Å². The first-order valence-electron chi connectivity index (χ1n) is 7.70. The number of hydrogen-bond donors (Lipinski definition) is 1. The Morgan fingerprint density at radius 1 is 1.28 bits per heavy atom. The minimum Gasteiger partial charge on any atom is -0.379 e. The van der Waals surface area contributed by atoms with Gasteiger partial charge in [0.15, 0.2) is 0 Å². The Morgan fingerprint density at radius 3 is 2.56 bits per heavy atom. The molecular formula is C15H32N2O. The Kier molecular flexibility index (Phi) is 7.20. The van der Waals surface area contributed by atoms with Crippen molar-refractivity contribution in [3.8, 4) is 0 Å². The lowest BCUT2D eigenvalue weighted by atomic mass is 9.81. The summed E-state index contributed by atoms with van der Waals surface area (Å²) in [5.74, 6) is 0. The number of rotatable bonds is 8. The topological polar surface area (TPSA) is 24.5 Å². The van der Waals surface area contributed by atoms with Crippen LogP contribution < -0.4 is 5.32 Å². The second-order valence-electron chi connectivity index (χ2n) is 5.78. The fourth-order valence-electron chi connectivity index (χ4n) is 2.74. The van der Waals surface area contributed by atoms with Crippen molar-refractivity contribution in [3.05, 3.63) is 0 Å². The minimum absolute atomic E-state index is 0.431. The summed E-state index contributed by atoms with van der Waals surface area (Å²) in [5.41, 5.74) is 0.431. The normalized spacial score (nSPS) is 22.3. The molecule has 0 aromatic heterocycles. The minimum atomic E-state index is 0.431. The average Bonchev–Trinajstić information content (AvgIpc) is 2.40. The van der Waals surface area contributed by atoms with Gasteiger partial charge in [0, 0.05) is 25.7 Å². The van der Waals surface area contributed by atoms with E-state index in [1.807, 2.05) is 0 Å². The van der Waals surface area contributed by atoms with E-state index in [1.165, 1.54) is 25.8 Å². The van der Waals surface area contributed by atoms with Gasteiger partial charge in [-0.25, -0.2) is 0 Å². The molecule has 18 heavy (non-hydrogen) atoms. The van der Waals surface area contributed by atoms with Gasteiger partial charge in [-0.15, -0.1) is 0 Å². The molecule has 0 radical (unpaired) electrons. The third-order valence-corrected chi connectivity index (χ3v) is 4.47. The number of nitrogens with one attached hydrogen (secondary N) is 1. The van der Waals surface area contributed by atoms with Crippen molar-refractivity contribution in [2.24, 2.45) is 5.41 Å². The third-order valence-electron chi connectivity index (χ3n) is 4.47. The van der Waals surface area contributed by atoms with E-state index in [0.717, 1.165) is 32.8 Å². The van der Waals surface area contributed by atoms with Gasteiger partial charge in [-0.3, -0.25) is 4.90 Å². The Bertz CT molecular complexity index is 217. The van der Waals surface area contributed by atoms with Gasteiger partial charge in [0.1, 0.15) is 0 Å². The van der Waals surface area contributed by atoms with Crippen LogP contribution in [0.1, 0.15) is 47.0 Å². The van der Waals surface area contributed by atoms with Gasteiger partial charge in [-0.1, -0.05) is 20.8 Å². The monoisotopic (exact) mass is 256 g/mol. The van der Waals surface area contributed by atoms with E-state index in [1.54, 1.807) is 0 Å². The van der Waals surface area contributed by atoms with Crippen molar-refractivity contribution in [3.63, 3.8) is 0 Å². The summed E-state index contributed by atoms with van der Waals surface area (Å²) in [6.45, 7) is 15.6. The van der Waals surface area contributed by atoms with Crippen LogP contribution in [0.4, 0.5) is 0 Å². The molecule has 1 saturated heterocycles. The molecule has 1 heterocycles. The first-order valence-corrected chi connectivity index (χ1v) is 7.70. The van der Waals surface area contributed by atoms with Gasteiger partial charge in [-0.05, 0) is 38.1 Å². The van der Waals surface area contributed by atoms with E-state index in [0.29, 0.717) is 11.5 Å². The second-order valence-corrected chi connectivity index (χ2v) is 5.78. The number of nitrogens with zero attached hydrogens (tertiary/aromatic N) is 1. The summed E-state index contributed by atoms with van der Waals surface area (Å²) < 4.78 is 5.53. The van der Waals surface area contributed by atoms with Crippen molar-refractivity contribution in [2.75, 3.05) is 39.4 Å². The van der Waals surface area contributed by atoms with Crippen molar-refractivity contribution >= 4 is 0 Å². The molecule has 0 aromatic carbocycles. The average molecular weight is 256 g/mol. The second kappa shape index (κ2) is 8.13. The fraction of sp³-hybridized carbons (Fsp3) is 1.00. The molecule has 1 fully saturated rings. The number of ether oxygens (including phenoxy) is 1. The molecule has 3 heteroatoms. The highest BCUT2D eigenvalue weighted by molar-refractivity contribution is 4.85. The van der Waals surface area contributed by atoms with Crippen LogP contribution in [0.15, 0.2) is 0 Å². The van der Waals surface area contributed by atoms with Crippen LogP contribution in [0.25, 0.3) is 0 Å². The molecule has 0 amide bonds. The van der Waals surface area contributed by atoms with E-state index >= 15 is 0 Å². The summed E-state index contributed by atoms with van der Waals surface area (Å²) in [6, 6.07) is 0.572. The lowest BCUT2D eigenvalue weighted by molar-refractivity contribution is -0.0220. The number of hydrogen-bond acceptors (Lipinski definition) is 3. The van der Waals surface area contributed by atoms with Gasteiger partial charge in [-0.2, -0.15) is 0 Å². The predicted molar refractivity (Wildman–Crippen MR) is 78.0 cm³/mol. The summed E-state index contributed by atoms with van der Waals surface area (Å²) >= 11 is 0. The van der Waals surface area contributed by atoms with E-state index in [2.05, 4.69) is 37.9 Å². The van der Waals surface area contributed by atoms with E-state index < -0.39 is 0 Å². The Hall–Kier alpha value is -0.120. The quantitative estimate of drug-likeness (QED) is 0.675. The van der Waals surface area contributed by atoms with Crippen LogP contribution in [0, 0.1) is 5.41 Å². The lowest BCUT2D eigenvalue weighted by Crippen LogP contribution is -2.51. The Labute approximate surface area is 113 Å². The molecule has 0 spiro atoms. The zero-order valence-electron chi connectivity index (χ0n) is 12.8. The van der Waals surface area contributed by atoms with E-state index in [-0.39, 0.29) is 0 Å². The van der Waals surface area contributed by atoms with Gasteiger partial charge in [0.05, 0.1) is 13.2 Å². The van der Waals surface area contributed by atoms with Crippen LogP contribution in [0.5, 0.6) is 0 Å². The van der Waals surface area contributed by atoms with Gasteiger partial charge in [0.25, 0.3) is 0 Å². The van der Waals surface area contributed by atoms with Crippen LogP contribution in [-0.4, -0.2) is 50.3 Å². The standard InChI is InChI=1S/C15H32N2O/c1-5-8-16-12-15(6-2,7-3)13-17-9-10-18-11-14(17)4/h14,16H,5-13H2,1-4H3. The molecule has 1 unspecified atom stereocenters. The SMILES string of the molecule is CCCNCC(CC)(CC)CN1CCOCC1C. The maximum absolute atomic E-state index is 5.53. The van der Waals surface area contributed by atoms with Crippen molar-refractivity contribution in [1.82, 2.24) is 10.2 Å². The summed E-state index contributed by atoms with van der Waals surface area (Å²) in [7, 11) is 0. The summed E-state index contributed by atoms with van der Waals surface area (Å²) in [4.78, 5) is 2.62. The first kappa shape index (κ1) is 15.9. The highest BCUT2D eigenvalue weighted by Crippen LogP contribution is 2.28. The molecule has 3 nitrogen and oxygen atoms in total. The zero-order valence-corrected chi connectivity index (χ0v) is 12.8. The molecule has 0 aromatic rings. The smallest absolute Gasteiger partial charge is 0.0619 e. The zero-order chi connectivity index (χ0) is 13.4. The third kappa shape index (κ3) is 4.52. The van der Waals surface area contributed by atoms with Gasteiger partial charge < -0.3 is 10.1 Å². The van der Waals surface area contributed by atoms with Crippen LogP contribution >= 0.6 is 0 Å². The van der Waals surface area contributed by atoms with E-state index in [4.69, 9.17) is 4.74 Å². The molecule has 1 aliphatic rings. The van der Waals surface area contributed by atoms with Crippen LogP contribution in [0.3, 0.4) is 0 Å². The molecule has 0 aliphatic carbocycles. The molecular weight excluding hydrogens is 224 g/mol. The lowest BCUT2D eigenvalue weighted by Gasteiger charge is -2.42. The maximum Gasteiger partial charge on any atom is 0.0619 e. The molecule has 1 atom stereocenters. The molecule has 0 saturated carbocycles. The highest BCUT2D eigenvalue weighted by atomic mass is 16.5. The van der Waals surface area contributed by atoms with Gasteiger partial charge in [0.2, 0.25) is 0 Å². The van der Waals surface area contributed by atoms with Crippen molar-refractivity contribution < 1.29 is 4.74 Å². The van der Waals surface area contributed by atoms with Crippen molar-refractivity contribution in [2.45, 2.75) is 53.0 Å². The fourth-order valence-corrected chi connectivity index (χ4v) is 2.74. The molecule has 108 valence electrons. The Balaban J connectivity index is 2.53. The molecule has 1 rings (SSSR count). The molecule has 0 bridgehead atoms. The Morgan fingerprint density at radius 2 is 2.00 bits per heavy atom. The van der Waals surface area contributed by atoms with Crippen LogP contribution in [0.2, 0.25) is 0 Å². The predicted octanol–water partition coefficient (Wildman–Crippen LogP) is 2.51. The molecule has 1 aliphatic heterocycles. The van der Waals surface area contributed by atoms with Gasteiger partial charge >= 0.3 is 0 Å². The maximum atomic E-state index is 5.53. The largest absolute Gasteiger partial charge is 0.379 e. The summed E-state index contributed by atoms with van der Waals surface area (Å²) in [6.07, 6.45) is 3.73. The van der Waals surface area contributed by atoms with Crippen LogP contribution in [-0.2, 0) is 4.74 Å². The number of morpholine rings is 1. The van der Waals surface area contributed by atoms with Crippen molar-refractivity contribution in [1.29, 1.82) is 0 Å².